The first kappa shape index (κ1) is 19.2. The van der Waals surface area contributed by atoms with Crippen LogP contribution in [0.4, 0.5) is 0 Å². The molecule has 1 aliphatic rings. The van der Waals surface area contributed by atoms with E-state index in [0.717, 1.165) is 16.7 Å². The van der Waals surface area contributed by atoms with Crippen molar-refractivity contribution in [2.45, 2.75) is 26.3 Å². The second-order valence-electron chi connectivity index (χ2n) is 5.68. The fraction of sp³-hybridized carbons (Fsp3) is 0.312. The maximum absolute atomic E-state index is 12.6. The lowest BCUT2D eigenvalue weighted by Crippen LogP contribution is -2.50. The van der Waals surface area contributed by atoms with Crippen molar-refractivity contribution in [2.75, 3.05) is 0 Å². The normalized spacial score (nSPS) is 17.9. The van der Waals surface area contributed by atoms with Crippen molar-refractivity contribution in [3.8, 4) is 0 Å². The fourth-order valence-electron chi connectivity index (χ4n) is 2.26. The number of halogens is 2. The Morgan fingerprint density at radius 2 is 2.08 bits per heavy atom. The van der Waals surface area contributed by atoms with E-state index in [2.05, 4.69) is 0 Å². The Morgan fingerprint density at radius 3 is 2.62 bits per heavy atom. The fourth-order valence-corrected chi connectivity index (χ4v) is 4.07. The summed E-state index contributed by atoms with van der Waals surface area (Å²) in [5.41, 5.74) is 0.607. The van der Waals surface area contributed by atoms with Crippen LogP contribution in [0.2, 0.25) is 10.0 Å². The quantitative estimate of drug-likeness (QED) is 0.558. The molecule has 0 N–H and O–H groups in total. The van der Waals surface area contributed by atoms with E-state index in [1.54, 1.807) is 24.3 Å². The van der Waals surface area contributed by atoms with Crippen molar-refractivity contribution >= 4 is 69.5 Å². The molecule has 0 aromatic heterocycles. The van der Waals surface area contributed by atoms with E-state index in [4.69, 9.17) is 35.4 Å². The summed E-state index contributed by atoms with van der Waals surface area (Å²) >= 11 is 18.2. The monoisotopic (exact) mass is 402 g/mol. The molecule has 1 fully saturated rings. The molecule has 0 unspecified atom stereocenters. The third-order valence-electron chi connectivity index (χ3n) is 3.35. The van der Waals surface area contributed by atoms with Gasteiger partial charge < -0.3 is 9.90 Å². The lowest BCUT2D eigenvalue weighted by atomic mass is 10.0. The summed E-state index contributed by atoms with van der Waals surface area (Å²) < 4.78 is 0.200. The highest BCUT2D eigenvalue weighted by Gasteiger charge is 2.38. The molecule has 1 atom stereocenters. The molecule has 1 aliphatic heterocycles. The minimum atomic E-state index is -1.31. The van der Waals surface area contributed by atoms with Gasteiger partial charge in [0.2, 0.25) is 0 Å². The third kappa shape index (κ3) is 4.30. The van der Waals surface area contributed by atoms with Crippen LogP contribution >= 0.6 is 47.2 Å². The van der Waals surface area contributed by atoms with Crippen LogP contribution in [0.25, 0.3) is 6.08 Å². The van der Waals surface area contributed by atoms with Crippen LogP contribution in [0.1, 0.15) is 25.8 Å². The zero-order chi connectivity index (χ0) is 18.0. The van der Waals surface area contributed by atoms with Crippen molar-refractivity contribution in [1.29, 1.82) is 0 Å². The number of rotatable bonds is 5. The number of nitrogens with zero attached hydrogens (tertiary/aromatic N) is 1. The second kappa shape index (κ2) is 7.87. The number of benzene rings is 1. The molecule has 1 amide bonds. The highest BCUT2D eigenvalue weighted by Crippen LogP contribution is 2.36. The number of thiocarbonyl (C=S) groups is 1. The van der Waals surface area contributed by atoms with Gasteiger partial charge in [-0.1, -0.05) is 67.1 Å². The van der Waals surface area contributed by atoms with E-state index < -0.39 is 17.9 Å². The van der Waals surface area contributed by atoms with Crippen LogP contribution in [0.3, 0.4) is 0 Å². The number of hydrogen-bond acceptors (Lipinski definition) is 5. The van der Waals surface area contributed by atoms with Gasteiger partial charge in [0.25, 0.3) is 5.91 Å². The van der Waals surface area contributed by atoms with Gasteiger partial charge in [0, 0.05) is 10.0 Å². The molecule has 1 aromatic rings. The molecule has 2 rings (SSSR count). The summed E-state index contributed by atoms with van der Waals surface area (Å²) in [6.45, 7) is 3.74. The van der Waals surface area contributed by atoms with Gasteiger partial charge in [-0.3, -0.25) is 9.69 Å². The standard InChI is InChI=1S/C16H15Cl2NO3S2/c1-8(2)5-12(15(21)22)19-14(20)13(24-16(19)23)6-9-3-4-10(17)7-11(9)18/h3-4,6-8,12H,5H2,1-2H3,(H,21,22)/p-1/b13-6+/t12-/m0/s1. The Balaban J connectivity index is 2.33. The first-order valence-electron chi connectivity index (χ1n) is 7.13. The molecule has 24 heavy (non-hydrogen) atoms. The average Bonchev–Trinajstić information content (AvgIpc) is 2.74. The molecule has 1 heterocycles. The highest BCUT2D eigenvalue weighted by molar-refractivity contribution is 8.26. The maximum atomic E-state index is 12.6. The predicted molar refractivity (Wildman–Crippen MR) is 99.7 cm³/mol. The number of hydrogen-bond donors (Lipinski definition) is 0. The first-order chi connectivity index (χ1) is 11.2. The Bertz CT molecular complexity index is 734. The van der Waals surface area contributed by atoms with Crippen molar-refractivity contribution in [3.63, 3.8) is 0 Å². The van der Waals surface area contributed by atoms with Gasteiger partial charge in [0.05, 0.1) is 16.9 Å². The maximum Gasteiger partial charge on any atom is 0.266 e. The Labute approximate surface area is 159 Å². The SMILES string of the molecule is CC(C)C[C@@H](C(=O)[O-])N1C(=O)/C(=C\c2ccc(Cl)cc2Cl)SC1=S. The van der Waals surface area contributed by atoms with Crippen molar-refractivity contribution in [1.82, 2.24) is 4.90 Å². The van der Waals surface area contributed by atoms with E-state index in [0.29, 0.717) is 20.5 Å². The van der Waals surface area contributed by atoms with Crippen LogP contribution in [-0.4, -0.2) is 27.1 Å². The molecule has 0 bridgehead atoms. The highest BCUT2D eigenvalue weighted by atomic mass is 35.5. The molecular weight excluding hydrogens is 389 g/mol. The third-order valence-corrected chi connectivity index (χ3v) is 5.24. The van der Waals surface area contributed by atoms with Gasteiger partial charge in [-0.05, 0) is 36.1 Å². The van der Waals surface area contributed by atoms with E-state index in [9.17, 15) is 14.7 Å². The van der Waals surface area contributed by atoms with Gasteiger partial charge in [0.1, 0.15) is 4.32 Å². The molecule has 4 nitrogen and oxygen atoms in total. The van der Waals surface area contributed by atoms with E-state index in [-0.39, 0.29) is 16.7 Å². The number of carbonyl (C=O) groups excluding carboxylic acids is 2. The van der Waals surface area contributed by atoms with Crippen LogP contribution < -0.4 is 5.11 Å². The zero-order valence-electron chi connectivity index (χ0n) is 12.9. The smallest absolute Gasteiger partial charge is 0.266 e. The largest absolute Gasteiger partial charge is 0.548 e. The summed E-state index contributed by atoms with van der Waals surface area (Å²) in [6, 6.07) is 3.83. The second-order valence-corrected chi connectivity index (χ2v) is 8.20. The van der Waals surface area contributed by atoms with Crippen molar-refractivity contribution < 1.29 is 14.7 Å². The van der Waals surface area contributed by atoms with Gasteiger partial charge in [0.15, 0.2) is 0 Å². The summed E-state index contributed by atoms with van der Waals surface area (Å²) in [7, 11) is 0. The number of aliphatic carboxylic acids is 1. The van der Waals surface area contributed by atoms with Crippen LogP contribution in [0.5, 0.6) is 0 Å². The summed E-state index contributed by atoms with van der Waals surface area (Å²) in [6.07, 6.45) is 1.85. The number of carbonyl (C=O) groups is 2. The number of carboxylic acids is 1. The van der Waals surface area contributed by atoms with Crippen LogP contribution in [0, 0.1) is 5.92 Å². The van der Waals surface area contributed by atoms with Gasteiger partial charge in [-0.25, -0.2) is 0 Å². The molecule has 0 radical (unpaired) electrons. The Kier molecular flexibility index (Phi) is 6.31. The topological polar surface area (TPSA) is 60.4 Å². The summed E-state index contributed by atoms with van der Waals surface area (Å²) in [4.78, 5) is 25.5. The minimum Gasteiger partial charge on any atom is -0.548 e. The molecule has 0 aliphatic carbocycles. The zero-order valence-corrected chi connectivity index (χ0v) is 16.1. The molecule has 8 heteroatoms. The van der Waals surface area contributed by atoms with Gasteiger partial charge in [-0.15, -0.1) is 0 Å². The number of amides is 1. The predicted octanol–water partition coefficient (Wildman–Crippen LogP) is 3.36. The van der Waals surface area contributed by atoms with Crippen molar-refractivity contribution in [2.24, 2.45) is 5.92 Å². The lowest BCUT2D eigenvalue weighted by Gasteiger charge is -2.28. The first-order valence-corrected chi connectivity index (χ1v) is 9.11. The molecule has 1 aromatic carbocycles. The number of carboxylic acid groups (broad SMARTS) is 1. The molecule has 128 valence electrons. The van der Waals surface area contributed by atoms with Crippen LogP contribution in [0.15, 0.2) is 23.1 Å². The van der Waals surface area contributed by atoms with E-state index >= 15 is 0 Å². The molecule has 0 spiro atoms. The van der Waals surface area contributed by atoms with Crippen LogP contribution in [-0.2, 0) is 9.59 Å². The minimum absolute atomic E-state index is 0.0761. The van der Waals surface area contributed by atoms with E-state index in [1.807, 2.05) is 13.8 Å². The Hall–Kier alpha value is -1.08. The van der Waals surface area contributed by atoms with Crippen molar-refractivity contribution in [3.05, 3.63) is 38.7 Å². The van der Waals surface area contributed by atoms with Gasteiger partial charge >= 0.3 is 0 Å². The number of thioether (sulfide) groups is 1. The van der Waals surface area contributed by atoms with Gasteiger partial charge in [-0.2, -0.15) is 0 Å². The Morgan fingerprint density at radius 1 is 1.42 bits per heavy atom. The summed E-state index contributed by atoms with van der Waals surface area (Å²) in [5, 5.41) is 12.3. The lowest BCUT2D eigenvalue weighted by molar-refractivity contribution is -0.310. The van der Waals surface area contributed by atoms with E-state index in [1.165, 1.54) is 0 Å². The molecule has 1 saturated heterocycles. The summed E-state index contributed by atoms with van der Waals surface area (Å²) in [5.74, 6) is -1.69. The average molecular weight is 403 g/mol. The molecule has 0 saturated carbocycles. The molecular formula is C16H14Cl2NO3S2-.